The summed E-state index contributed by atoms with van der Waals surface area (Å²) in [7, 11) is 0. The van der Waals surface area contributed by atoms with E-state index < -0.39 is 0 Å². The lowest BCUT2D eigenvalue weighted by Crippen LogP contribution is -2.24. The molecular weight excluding hydrogens is 400 g/mol. The van der Waals surface area contributed by atoms with Gasteiger partial charge in [-0.05, 0) is 48.9 Å². The van der Waals surface area contributed by atoms with Crippen molar-refractivity contribution < 1.29 is 9.59 Å². The molecule has 2 amide bonds. The Morgan fingerprint density at radius 1 is 0.656 bits per heavy atom. The van der Waals surface area contributed by atoms with Crippen LogP contribution < -0.4 is 10.9 Å². The van der Waals surface area contributed by atoms with Crippen LogP contribution in [0.2, 0.25) is 0 Å². The molecule has 0 aromatic heterocycles. The van der Waals surface area contributed by atoms with Crippen molar-refractivity contribution in [3.8, 4) is 0 Å². The van der Waals surface area contributed by atoms with Crippen molar-refractivity contribution in [2.45, 2.75) is 66.2 Å². The van der Waals surface area contributed by atoms with Crippen molar-refractivity contribution in [3.63, 3.8) is 0 Å². The molecule has 6 nitrogen and oxygen atoms in total. The average molecular weight is 435 g/mol. The van der Waals surface area contributed by atoms with Crippen molar-refractivity contribution in [1.82, 2.24) is 10.9 Å². The highest BCUT2D eigenvalue weighted by Crippen LogP contribution is 2.09. The monoisotopic (exact) mass is 434 g/mol. The minimum Gasteiger partial charge on any atom is -0.273 e. The third-order valence-corrected chi connectivity index (χ3v) is 5.10. The number of amides is 2. The predicted octanol–water partition coefficient (Wildman–Crippen LogP) is 4.75. The molecule has 6 heteroatoms. The van der Waals surface area contributed by atoms with Crippen molar-refractivity contribution >= 4 is 23.2 Å². The van der Waals surface area contributed by atoms with Crippen LogP contribution in [0.5, 0.6) is 0 Å². The Labute approximate surface area is 191 Å². The second kappa shape index (κ2) is 13.2. The van der Waals surface area contributed by atoms with E-state index in [0.717, 1.165) is 48.2 Å². The first-order valence-electron chi connectivity index (χ1n) is 11.3. The maximum absolute atomic E-state index is 12.0. The molecule has 2 aromatic carbocycles. The van der Waals surface area contributed by atoms with E-state index in [0.29, 0.717) is 0 Å². The standard InChI is InChI=1S/C26H34N4O2/c1-5-7-21-9-13-23(14-10-21)19(3)27-29-25(31)17-18-26(32)30-28-20(4)24-15-11-22(8-6-2)12-16-24/h9-16H,5-8,17-18H2,1-4H3,(H,29,31)(H,30,32). The van der Waals surface area contributed by atoms with E-state index in [1.165, 1.54) is 11.1 Å². The fourth-order valence-corrected chi connectivity index (χ4v) is 3.16. The Kier molecular flexibility index (Phi) is 10.3. The third-order valence-electron chi connectivity index (χ3n) is 5.10. The normalized spacial score (nSPS) is 11.9. The van der Waals surface area contributed by atoms with Crippen LogP contribution in [0.25, 0.3) is 0 Å². The van der Waals surface area contributed by atoms with Gasteiger partial charge >= 0.3 is 0 Å². The summed E-state index contributed by atoms with van der Waals surface area (Å²) in [4.78, 5) is 24.1. The van der Waals surface area contributed by atoms with Gasteiger partial charge in [-0.15, -0.1) is 0 Å². The Morgan fingerprint density at radius 2 is 1.00 bits per heavy atom. The zero-order valence-electron chi connectivity index (χ0n) is 19.6. The highest BCUT2D eigenvalue weighted by Gasteiger charge is 2.07. The summed E-state index contributed by atoms with van der Waals surface area (Å²) in [5.74, 6) is -0.622. The number of nitrogens with zero attached hydrogens (tertiary/aromatic N) is 2. The van der Waals surface area contributed by atoms with E-state index in [9.17, 15) is 9.59 Å². The first-order chi connectivity index (χ1) is 15.4. The smallest absolute Gasteiger partial charge is 0.240 e. The molecule has 32 heavy (non-hydrogen) atoms. The summed E-state index contributed by atoms with van der Waals surface area (Å²) >= 11 is 0. The van der Waals surface area contributed by atoms with E-state index in [2.05, 4.69) is 59.2 Å². The first kappa shape index (κ1) is 25.0. The number of hydrazone groups is 2. The van der Waals surface area contributed by atoms with Gasteiger partial charge in [-0.1, -0.05) is 75.2 Å². The molecule has 0 aliphatic rings. The second-order valence-corrected chi connectivity index (χ2v) is 7.86. The molecule has 0 bridgehead atoms. The maximum Gasteiger partial charge on any atom is 0.240 e. The topological polar surface area (TPSA) is 82.9 Å². The Balaban J connectivity index is 1.77. The number of carbonyl (C=O) groups excluding carboxylic acids is 2. The largest absolute Gasteiger partial charge is 0.273 e. The zero-order chi connectivity index (χ0) is 23.3. The van der Waals surface area contributed by atoms with E-state index in [1.807, 2.05) is 38.1 Å². The SMILES string of the molecule is CCCc1ccc(C(C)=NNC(=O)CCC(=O)NN=C(C)c2ccc(CCC)cc2)cc1. The van der Waals surface area contributed by atoms with Gasteiger partial charge in [0.05, 0.1) is 11.4 Å². The highest BCUT2D eigenvalue weighted by atomic mass is 16.2. The number of nitrogens with one attached hydrogen (secondary N) is 2. The van der Waals surface area contributed by atoms with Gasteiger partial charge in [0.15, 0.2) is 0 Å². The molecule has 0 heterocycles. The minimum atomic E-state index is -0.311. The number of benzene rings is 2. The highest BCUT2D eigenvalue weighted by molar-refractivity contribution is 6.00. The van der Waals surface area contributed by atoms with Crippen LogP contribution in [0.1, 0.15) is 75.6 Å². The molecule has 0 saturated heterocycles. The van der Waals surface area contributed by atoms with Gasteiger partial charge in [-0.25, -0.2) is 10.9 Å². The molecule has 0 radical (unpaired) electrons. The second-order valence-electron chi connectivity index (χ2n) is 7.86. The first-order valence-corrected chi connectivity index (χ1v) is 11.3. The van der Waals surface area contributed by atoms with Gasteiger partial charge in [0.25, 0.3) is 0 Å². The summed E-state index contributed by atoms with van der Waals surface area (Å²) in [5.41, 5.74) is 10.9. The van der Waals surface area contributed by atoms with Gasteiger partial charge < -0.3 is 0 Å². The summed E-state index contributed by atoms with van der Waals surface area (Å²) < 4.78 is 0. The summed E-state index contributed by atoms with van der Waals surface area (Å²) in [6.07, 6.45) is 4.38. The lowest BCUT2D eigenvalue weighted by Gasteiger charge is -2.05. The molecule has 0 aliphatic carbocycles. The summed E-state index contributed by atoms with van der Waals surface area (Å²) in [6, 6.07) is 16.3. The molecule has 2 N–H and O–H groups in total. The van der Waals surface area contributed by atoms with Crippen molar-refractivity contribution in [2.75, 3.05) is 0 Å². The predicted molar refractivity (Wildman–Crippen MR) is 131 cm³/mol. The van der Waals surface area contributed by atoms with Crippen molar-refractivity contribution in [2.24, 2.45) is 10.2 Å². The molecule has 0 aliphatic heterocycles. The fraction of sp³-hybridized carbons (Fsp3) is 0.385. The Bertz CT molecular complexity index is 865. The fourth-order valence-electron chi connectivity index (χ4n) is 3.16. The van der Waals surface area contributed by atoms with E-state index in [-0.39, 0.29) is 24.7 Å². The number of carbonyl (C=O) groups is 2. The molecule has 170 valence electrons. The van der Waals surface area contributed by atoms with Gasteiger partial charge in [0, 0.05) is 12.8 Å². The molecule has 0 spiro atoms. The van der Waals surface area contributed by atoms with Gasteiger partial charge in [0.2, 0.25) is 11.8 Å². The molecular formula is C26H34N4O2. The number of hydrogen-bond donors (Lipinski definition) is 2. The molecule has 0 atom stereocenters. The van der Waals surface area contributed by atoms with Crippen LogP contribution in [0.15, 0.2) is 58.7 Å². The molecule has 2 aromatic rings. The number of hydrogen-bond acceptors (Lipinski definition) is 4. The van der Waals surface area contributed by atoms with Gasteiger partial charge in [0.1, 0.15) is 0 Å². The lowest BCUT2D eigenvalue weighted by atomic mass is 10.1. The van der Waals surface area contributed by atoms with Crippen molar-refractivity contribution in [1.29, 1.82) is 0 Å². The number of rotatable bonds is 11. The van der Waals surface area contributed by atoms with Crippen LogP contribution in [-0.4, -0.2) is 23.2 Å². The quantitative estimate of drug-likeness (QED) is 0.395. The molecule has 0 fully saturated rings. The zero-order valence-corrected chi connectivity index (χ0v) is 19.6. The Morgan fingerprint density at radius 3 is 1.31 bits per heavy atom. The van der Waals surface area contributed by atoms with Gasteiger partial charge in [-0.2, -0.15) is 10.2 Å². The summed E-state index contributed by atoms with van der Waals surface area (Å²) in [6.45, 7) is 7.98. The Hall–Kier alpha value is -3.28. The lowest BCUT2D eigenvalue weighted by molar-refractivity contribution is -0.126. The van der Waals surface area contributed by atoms with Crippen LogP contribution in [-0.2, 0) is 22.4 Å². The molecule has 2 rings (SSSR count). The van der Waals surface area contributed by atoms with E-state index >= 15 is 0 Å². The minimum absolute atomic E-state index is 0.0400. The van der Waals surface area contributed by atoms with Gasteiger partial charge in [-0.3, -0.25) is 9.59 Å². The molecule has 0 unspecified atom stereocenters. The van der Waals surface area contributed by atoms with Crippen LogP contribution >= 0.6 is 0 Å². The maximum atomic E-state index is 12.0. The van der Waals surface area contributed by atoms with Crippen LogP contribution in [0, 0.1) is 0 Å². The van der Waals surface area contributed by atoms with Crippen molar-refractivity contribution in [3.05, 3.63) is 70.8 Å². The molecule has 0 saturated carbocycles. The van der Waals surface area contributed by atoms with Crippen LogP contribution in [0.4, 0.5) is 0 Å². The third kappa shape index (κ3) is 8.46. The van der Waals surface area contributed by atoms with Crippen LogP contribution in [0.3, 0.4) is 0 Å². The van der Waals surface area contributed by atoms with E-state index in [4.69, 9.17) is 0 Å². The van der Waals surface area contributed by atoms with E-state index in [1.54, 1.807) is 0 Å². The summed E-state index contributed by atoms with van der Waals surface area (Å²) in [5, 5.41) is 8.28. The number of aryl methyl sites for hydroxylation is 2. The average Bonchev–Trinajstić information content (AvgIpc) is 2.81.